The van der Waals surface area contributed by atoms with E-state index in [0.717, 1.165) is 5.56 Å². The third-order valence-electron chi connectivity index (χ3n) is 2.10. The first-order chi connectivity index (χ1) is 7.33. The molecule has 0 amide bonds. The number of nitrogens with zero attached hydrogens (tertiary/aromatic N) is 1. The molecule has 1 heterocycles. The Hall–Kier alpha value is -0.940. The molecular formula is C11H18N2O2S. The number of pyridine rings is 1. The Balaban J connectivity index is 3.09. The van der Waals surface area contributed by atoms with Crippen molar-refractivity contribution in [3.8, 4) is 0 Å². The molecule has 0 radical (unpaired) electrons. The molecule has 1 N–H and O–H groups in total. The summed E-state index contributed by atoms with van der Waals surface area (Å²) in [6.45, 7) is 7.58. The Kier molecular flexibility index (Phi) is 4.04. The molecule has 0 fully saturated rings. The molecule has 1 aromatic heterocycles. The average Bonchev–Trinajstić information content (AvgIpc) is 2.16. The molecule has 0 saturated carbocycles. The number of nitrogens with one attached hydrogen (secondary N) is 1. The molecule has 0 atom stereocenters. The zero-order valence-corrected chi connectivity index (χ0v) is 10.9. The van der Waals surface area contributed by atoms with Gasteiger partial charge in [0.05, 0.1) is 0 Å². The van der Waals surface area contributed by atoms with Crippen molar-refractivity contribution in [1.82, 2.24) is 9.71 Å². The highest BCUT2D eigenvalue weighted by Gasteiger charge is 2.16. The summed E-state index contributed by atoms with van der Waals surface area (Å²) in [7, 11) is -3.43. The fourth-order valence-corrected chi connectivity index (χ4v) is 2.52. The summed E-state index contributed by atoms with van der Waals surface area (Å²) in [6, 6.07) is 1.55. The van der Waals surface area contributed by atoms with Crippen LogP contribution in [-0.4, -0.2) is 19.4 Å². The third-order valence-corrected chi connectivity index (χ3v) is 3.73. The summed E-state index contributed by atoms with van der Waals surface area (Å²) in [5.41, 5.74) is 0.923. The molecule has 0 unspecified atom stereocenters. The smallest absolute Gasteiger partial charge is 0.242 e. The van der Waals surface area contributed by atoms with Gasteiger partial charge in [-0.15, -0.1) is 0 Å². The minimum atomic E-state index is -3.43. The van der Waals surface area contributed by atoms with Gasteiger partial charge < -0.3 is 0 Å². The second-order valence-corrected chi connectivity index (χ2v) is 6.10. The van der Waals surface area contributed by atoms with Crippen molar-refractivity contribution < 1.29 is 8.42 Å². The average molecular weight is 242 g/mol. The largest absolute Gasteiger partial charge is 0.263 e. The van der Waals surface area contributed by atoms with Crippen molar-refractivity contribution in [2.24, 2.45) is 0 Å². The lowest BCUT2D eigenvalue weighted by Crippen LogP contribution is -2.30. The molecule has 0 bridgehead atoms. The van der Waals surface area contributed by atoms with Gasteiger partial charge in [0.15, 0.2) is 0 Å². The van der Waals surface area contributed by atoms with Crippen LogP contribution < -0.4 is 4.72 Å². The van der Waals surface area contributed by atoms with E-state index in [-0.39, 0.29) is 16.9 Å². The van der Waals surface area contributed by atoms with Gasteiger partial charge in [0.2, 0.25) is 10.0 Å². The van der Waals surface area contributed by atoms with E-state index in [1.165, 1.54) is 6.20 Å². The van der Waals surface area contributed by atoms with Gasteiger partial charge in [-0.05, 0) is 31.4 Å². The summed E-state index contributed by atoms with van der Waals surface area (Å²) in [6.07, 6.45) is 3.07. The van der Waals surface area contributed by atoms with Crippen molar-refractivity contribution in [1.29, 1.82) is 0 Å². The molecule has 0 spiro atoms. The Morgan fingerprint density at radius 3 is 2.31 bits per heavy atom. The first kappa shape index (κ1) is 13.1. The topological polar surface area (TPSA) is 59.1 Å². The van der Waals surface area contributed by atoms with Gasteiger partial charge in [0.1, 0.15) is 4.90 Å². The quantitative estimate of drug-likeness (QED) is 0.877. The van der Waals surface area contributed by atoms with Crippen molar-refractivity contribution >= 4 is 10.0 Å². The van der Waals surface area contributed by atoms with Crippen LogP contribution in [0.4, 0.5) is 0 Å². The minimum Gasteiger partial charge on any atom is -0.263 e. The highest BCUT2D eigenvalue weighted by atomic mass is 32.2. The number of sulfonamides is 1. The summed E-state index contributed by atoms with van der Waals surface area (Å²) in [4.78, 5) is 4.19. The molecule has 4 nitrogen and oxygen atoms in total. The summed E-state index contributed by atoms with van der Waals surface area (Å²) in [5, 5.41) is 0. The van der Waals surface area contributed by atoms with Crippen LogP contribution in [0.5, 0.6) is 0 Å². The van der Waals surface area contributed by atoms with Gasteiger partial charge in [-0.1, -0.05) is 13.8 Å². The molecule has 1 rings (SSSR count). The lowest BCUT2D eigenvalue weighted by atomic mass is 10.1. The van der Waals surface area contributed by atoms with Crippen LogP contribution in [0.1, 0.15) is 39.2 Å². The molecule has 1 aromatic rings. The lowest BCUT2D eigenvalue weighted by molar-refractivity contribution is 0.569. The maximum absolute atomic E-state index is 11.9. The van der Waals surface area contributed by atoms with Gasteiger partial charge in [-0.3, -0.25) is 4.98 Å². The van der Waals surface area contributed by atoms with Crippen LogP contribution in [0.15, 0.2) is 23.4 Å². The van der Waals surface area contributed by atoms with Crippen molar-refractivity contribution in [2.75, 3.05) is 0 Å². The van der Waals surface area contributed by atoms with E-state index in [1.54, 1.807) is 26.1 Å². The van der Waals surface area contributed by atoms with Crippen LogP contribution in [0.25, 0.3) is 0 Å². The Morgan fingerprint density at radius 2 is 1.81 bits per heavy atom. The fourth-order valence-electron chi connectivity index (χ4n) is 1.28. The molecule has 0 aliphatic heterocycles. The van der Waals surface area contributed by atoms with Gasteiger partial charge in [0, 0.05) is 18.4 Å². The van der Waals surface area contributed by atoms with E-state index >= 15 is 0 Å². The molecule has 90 valence electrons. The standard InChI is InChI=1S/C11H18N2O2S/c1-8(2)10-5-11(7-12-6-10)16(14,15)13-9(3)4/h5-9,13H,1-4H3. The van der Waals surface area contributed by atoms with Crippen molar-refractivity contribution in [3.63, 3.8) is 0 Å². The summed E-state index contributed by atoms with van der Waals surface area (Å²) >= 11 is 0. The second-order valence-electron chi connectivity index (χ2n) is 4.38. The molecule has 0 saturated heterocycles. The van der Waals surface area contributed by atoms with E-state index in [1.807, 2.05) is 13.8 Å². The van der Waals surface area contributed by atoms with E-state index in [9.17, 15) is 8.42 Å². The first-order valence-corrected chi connectivity index (χ1v) is 6.78. The van der Waals surface area contributed by atoms with E-state index < -0.39 is 10.0 Å². The van der Waals surface area contributed by atoms with Gasteiger partial charge in [-0.25, -0.2) is 13.1 Å². The van der Waals surface area contributed by atoms with Crippen LogP contribution in [-0.2, 0) is 10.0 Å². The fraction of sp³-hybridized carbons (Fsp3) is 0.545. The SMILES string of the molecule is CC(C)NS(=O)(=O)c1cncc(C(C)C)c1. The van der Waals surface area contributed by atoms with E-state index in [0.29, 0.717) is 0 Å². The number of hydrogen-bond donors (Lipinski definition) is 1. The summed E-state index contributed by atoms with van der Waals surface area (Å²) in [5.74, 6) is 0.265. The molecule has 0 aliphatic carbocycles. The van der Waals surface area contributed by atoms with Gasteiger partial charge >= 0.3 is 0 Å². The first-order valence-electron chi connectivity index (χ1n) is 5.30. The van der Waals surface area contributed by atoms with Crippen LogP contribution in [0, 0.1) is 0 Å². The molecule has 5 heteroatoms. The summed E-state index contributed by atoms with van der Waals surface area (Å²) < 4.78 is 26.3. The second kappa shape index (κ2) is 4.93. The van der Waals surface area contributed by atoms with Gasteiger partial charge in [0.25, 0.3) is 0 Å². The van der Waals surface area contributed by atoms with Crippen molar-refractivity contribution in [3.05, 3.63) is 24.0 Å². The Bertz CT molecular complexity index is 453. The molecule has 0 aromatic carbocycles. The maximum atomic E-state index is 11.9. The highest BCUT2D eigenvalue weighted by molar-refractivity contribution is 7.89. The molecular weight excluding hydrogens is 224 g/mol. The highest BCUT2D eigenvalue weighted by Crippen LogP contribution is 2.17. The minimum absolute atomic E-state index is 0.118. The monoisotopic (exact) mass is 242 g/mol. The van der Waals surface area contributed by atoms with Crippen LogP contribution in [0.2, 0.25) is 0 Å². The number of hydrogen-bond acceptors (Lipinski definition) is 3. The van der Waals surface area contributed by atoms with Gasteiger partial charge in [-0.2, -0.15) is 0 Å². The Morgan fingerprint density at radius 1 is 1.19 bits per heavy atom. The van der Waals surface area contributed by atoms with Crippen LogP contribution in [0.3, 0.4) is 0 Å². The molecule has 0 aliphatic rings. The predicted octanol–water partition coefficient (Wildman–Crippen LogP) is 1.89. The number of aromatic nitrogens is 1. The predicted molar refractivity (Wildman–Crippen MR) is 63.8 cm³/mol. The van der Waals surface area contributed by atoms with E-state index in [2.05, 4.69) is 9.71 Å². The van der Waals surface area contributed by atoms with Crippen molar-refractivity contribution in [2.45, 2.75) is 44.6 Å². The normalized spacial score (nSPS) is 12.4. The lowest BCUT2D eigenvalue weighted by Gasteiger charge is -2.11. The van der Waals surface area contributed by atoms with Crippen LogP contribution >= 0.6 is 0 Å². The Labute approximate surface area is 97.2 Å². The number of rotatable bonds is 4. The zero-order valence-electron chi connectivity index (χ0n) is 10.1. The molecule has 16 heavy (non-hydrogen) atoms. The zero-order chi connectivity index (χ0) is 12.3. The third kappa shape index (κ3) is 3.28. The van der Waals surface area contributed by atoms with E-state index in [4.69, 9.17) is 0 Å². The maximum Gasteiger partial charge on any atom is 0.242 e.